The summed E-state index contributed by atoms with van der Waals surface area (Å²) in [6.45, 7) is 6.03. The van der Waals surface area contributed by atoms with Gasteiger partial charge in [0.2, 0.25) is 0 Å². The van der Waals surface area contributed by atoms with Crippen molar-refractivity contribution in [3.8, 4) is 0 Å². The van der Waals surface area contributed by atoms with Gasteiger partial charge in [-0.25, -0.2) is 4.98 Å². The molecular formula is C14H22N4O2. The van der Waals surface area contributed by atoms with Crippen molar-refractivity contribution in [3.63, 3.8) is 0 Å². The Morgan fingerprint density at radius 2 is 2.40 bits per heavy atom. The average molecular weight is 278 g/mol. The zero-order chi connectivity index (χ0) is 13.9. The van der Waals surface area contributed by atoms with Crippen molar-refractivity contribution in [3.05, 3.63) is 22.2 Å². The third kappa shape index (κ3) is 3.02. The molecule has 1 saturated carbocycles. The normalized spacial score (nSPS) is 23.1. The summed E-state index contributed by atoms with van der Waals surface area (Å²) in [5.74, 6) is 2.10. The lowest BCUT2D eigenvalue weighted by molar-refractivity contribution is 0.0934. The predicted molar refractivity (Wildman–Crippen MR) is 77.3 cm³/mol. The highest BCUT2D eigenvalue weighted by atomic mass is 16.5. The molecule has 2 heterocycles. The Kier molecular flexibility index (Phi) is 4.03. The third-order valence-corrected chi connectivity index (χ3v) is 3.86. The zero-order valence-corrected chi connectivity index (χ0v) is 11.9. The van der Waals surface area contributed by atoms with Crippen molar-refractivity contribution in [1.82, 2.24) is 15.3 Å². The van der Waals surface area contributed by atoms with E-state index in [0.717, 1.165) is 44.1 Å². The lowest BCUT2D eigenvalue weighted by Crippen LogP contribution is -2.51. The lowest BCUT2D eigenvalue weighted by Gasteiger charge is -2.36. The van der Waals surface area contributed by atoms with E-state index in [-0.39, 0.29) is 11.6 Å². The number of nitrogens with zero attached hydrogens (tertiary/aromatic N) is 2. The number of ether oxygens (including phenoxy) is 1. The Hall–Kier alpha value is -1.40. The minimum Gasteiger partial charge on any atom is -0.377 e. The topological polar surface area (TPSA) is 70.2 Å². The highest BCUT2D eigenvalue weighted by Gasteiger charge is 2.29. The van der Waals surface area contributed by atoms with E-state index in [2.05, 4.69) is 27.1 Å². The van der Waals surface area contributed by atoms with E-state index in [0.29, 0.717) is 19.1 Å². The monoisotopic (exact) mass is 278 g/mol. The minimum absolute atomic E-state index is 0.0504. The molecular weight excluding hydrogens is 256 g/mol. The van der Waals surface area contributed by atoms with Crippen LogP contribution in [0, 0.1) is 0 Å². The van der Waals surface area contributed by atoms with Crippen LogP contribution in [0.3, 0.4) is 0 Å². The van der Waals surface area contributed by atoms with Gasteiger partial charge < -0.3 is 19.9 Å². The van der Waals surface area contributed by atoms with Crippen molar-refractivity contribution in [2.75, 3.05) is 37.7 Å². The number of aromatic nitrogens is 2. The second kappa shape index (κ2) is 5.93. The molecule has 1 aliphatic heterocycles. The zero-order valence-electron chi connectivity index (χ0n) is 11.9. The number of aromatic amines is 1. The molecule has 0 aromatic carbocycles. The first-order valence-electron chi connectivity index (χ1n) is 7.44. The Balaban J connectivity index is 1.83. The van der Waals surface area contributed by atoms with E-state index in [9.17, 15) is 4.79 Å². The van der Waals surface area contributed by atoms with Crippen LogP contribution in [0.5, 0.6) is 0 Å². The molecule has 2 fully saturated rings. The number of hydrogen-bond donors (Lipinski definition) is 2. The maximum atomic E-state index is 11.8. The molecule has 1 saturated heterocycles. The molecule has 2 aliphatic rings. The average Bonchev–Trinajstić information content (AvgIpc) is 3.29. The summed E-state index contributed by atoms with van der Waals surface area (Å²) < 4.78 is 5.56. The predicted octanol–water partition coefficient (Wildman–Crippen LogP) is 0.462. The molecule has 3 rings (SSSR count). The molecule has 1 atom stereocenters. The summed E-state index contributed by atoms with van der Waals surface area (Å²) in [5, 5.41) is 3.35. The molecule has 0 spiro atoms. The van der Waals surface area contributed by atoms with Crippen molar-refractivity contribution < 1.29 is 4.74 Å². The molecule has 0 amide bonds. The summed E-state index contributed by atoms with van der Waals surface area (Å²) in [6, 6.07) is 1.85. The largest absolute Gasteiger partial charge is 0.377 e. The maximum absolute atomic E-state index is 11.8. The summed E-state index contributed by atoms with van der Waals surface area (Å²) in [6.07, 6.45) is 2.27. The van der Waals surface area contributed by atoms with Gasteiger partial charge in [-0.05, 0) is 19.4 Å². The van der Waals surface area contributed by atoms with Gasteiger partial charge in [-0.15, -0.1) is 0 Å². The van der Waals surface area contributed by atoms with Gasteiger partial charge in [-0.2, -0.15) is 0 Å². The van der Waals surface area contributed by atoms with E-state index in [1.807, 2.05) is 0 Å². The van der Waals surface area contributed by atoms with E-state index >= 15 is 0 Å². The van der Waals surface area contributed by atoms with Crippen LogP contribution < -0.4 is 15.8 Å². The summed E-state index contributed by atoms with van der Waals surface area (Å²) in [5.41, 5.74) is -0.0504. The van der Waals surface area contributed by atoms with E-state index in [1.165, 1.54) is 0 Å². The number of anilines is 1. The quantitative estimate of drug-likeness (QED) is 0.819. The second-order valence-electron chi connectivity index (χ2n) is 5.49. The molecule has 6 heteroatoms. The van der Waals surface area contributed by atoms with Gasteiger partial charge in [-0.3, -0.25) is 4.79 Å². The number of nitrogens with one attached hydrogen (secondary N) is 2. The van der Waals surface area contributed by atoms with Gasteiger partial charge in [0.15, 0.2) is 0 Å². The molecule has 1 aliphatic carbocycles. The van der Waals surface area contributed by atoms with Gasteiger partial charge in [-0.1, -0.05) is 6.92 Å². The molecule has 6 nitrogen and oxygen atoms in total. The molecule has 0 radical (unpaired) electrons. The SMILES string of the molecule is CCNCC1COCCN1c1cc(=O)[nH]c(C2CC2)n1. The van der Waals surface area contributed by atoms with Crippen molar-refractivity contribution in [2.45, 2.75) is 31.7 Å². The van der Waals surface area contributed by atoms with E-state index in [4.69, 9.17) is 4.74 Å². The standard InChI is InChI=1S/C14H22N4O2/c1-2-15-8-11-9-20-6-5-18(11)12-7-13(19)17-14(16-12)10-3-4-10/h7,10-11,15H,2-6,8-9H2,1H3,(H,16,17,19). The van der Waals surface area contributed by atoms with Gasteiger partial charge in [0.05, 0.1) is 19.3 Å². The van der Waals surface area contributed by atoms with Crippen LogP contribution in [0.4, 0.5) is 5.82 Å². The molecule has 1 aromatic rings. The van der Waals surface area contributed by atoms with Crippen LogP contribution in [-0.2, 0) is 4.74 Å². The van der Waals surface area contributed by atoms with Gasteiger partial charge in [0.1, 0.15) is 11.6 Å². The van der Waals surface area contributed by atoms with Crippen molar-refractivity contribution in [2.24, 2.45) is 0 Å². The highest BCUT2D eigenvalue weighted by molar-refractivity contribution is 5.40. The first-order valence-corrected chi connectivity index (χ1v) is 7.44. The Labute approximate surface area is 118 Å². The molecule has 20 heavy (non-hydrogen) atoms. The fourth-order valence-electron chi connectivity index (χ4n) is 2.60. The number of morpholine rings is 1. The molecule has 2 N–H and O–H groups in total. The van der Waals surface area contributed by atoms with Crippen LogP contribution in [-0.4, -0.2) is 48.9 Å². The fraction of sp³-hybridized carbons (Fsp3) is 0.714. The highest BCUT2D eigenvalue weighted by Crippen LogP contribution is 2.38. The molecule has 1 aromatic heterocycles. The van der Waals surface area contributed by atoms with Crippen LogP contribution in [0.1, 0.15) is 31.5 Å². The number of H-pyrrole nitrogens is 1. The van der Waals surface area contributed by atoms with Gasteiger partial charge >= 0.3 is 0 Å². The Bertz CT molecular complexity index is 512. The maximum Gasteiger partial charge on any atom is 0.252 e. The Morgan fingerprint density at radius 3 is 3.15 bits per heavy atom. The smallest absolute Gasteiger partial charge is 0.252 e. The van der Waals surface area contributed by atoms with Crippen LogP contribution in [0.15, 0.2) is 10.9 Å². The summed E-state index contributed by atoms with van der Waals surface area (Å²) >= 11 is 0. The summed E-state index contributed by atoms with van der Waals surface area (Å²) in [4.78, 5) is 21.6. The van der Waals surface area contributed by atoms with Crippen LogP contribution in [0.25, 0.3) is 0 Å². The van der Waals surface area contributed by atoms with Crippen molar-refractivity contribution in [1.29, 1.82) is 0 Å². The van der Waals surface area contributed by atoms with Gasteiger partial charge in [0.25, 0.3) is 5.56 Å². The molecule has 110 valence electrons. The number of rotatable bonds is 5. The van der Waals surface area contributed by atoms with Crippen LogP contribution >= 0.6 is 0 Å². The minimum atomic E-state index is -0.0504. The Morgan fingerprint density at radius 1 is 1.55 bits per heavy atom. The van der Waals surface area contributed by atoms with E-state index in [1.54, 1.807) is 6.07 Å². The first kappa shape index (κ1) is 13.6. The second-order valence-corrected chi connectivity index (χ2v) is 5.49. The van der Waals surface area contributed by atoms with Crippen molar-refractivity contribution >= 4 is 5.82 Å². The number of likely N-dealkylation sites (N-methyl/N-ethyl adjacent to an activating group) is 1. The fourth-order valence-corrected chi connectivity index (χ4v) is 2.60. The summed E-state index contributed by atoms with van der Waals surface area (Å²) in [7, 11) is 0. The molecule has 0 bridgehead atoms. The van der Waals surface area contributed by atoms with Crippen LogP contribution in [0.2, 0.25) is 0 Å². The lowest BCUT2D eigenvalue weighted by atomic mass is 10.2. The number of hydrogen-bond acceptors (Lipinski definition) is 5. The first-order chi connectivity index (χ1) is 9.78. The molecule has 1 unspecified atom stereocenters. The van der Waals surface area contributed by atoms with Gasteiger partial charge in [0, 0.05) is 25.1 Å². The van der Waals surface area contributed by atoms with E-state index < -0.39 is 0 Å². The third-order valence-electron chi connectivity index (χ3n) is 3.86.